The van der Waals surface area contributed by atoms with Gasteiger partial charge in [0.1, 0.15) is 6.17 Å². The summed E-state index contributed by atoms with van der Waals surface area (Å²) in [5.74, 6) is -0.0152. The first-order chi connectivity index (χ1) is 6.68. The summed E-state index contributed by atoms with van der Waals surface area (Å²) >= 11 is 0. The molecule has 0 aromatic heterocycles. The van der Waals surface area contributed by atoms with Crippen LogP contribution < -0.4 is 11.5 Å². The third-order valence-corrected chi connectivity index (χ3v) is 2.40. The van der Waals surface area contributed by atoms with Crippen LogP contribution in [0.1, 0.15) is 58.3 Å². The Morgan fingerprint density at radius 1 is 1.00 bits per heavy atom. The first-order valence-electron chi connectivity index (χ1n) is 5.72. The van der Waals surface area contributed by atoms with Crippen LogP contribution in [-0.4, -0.2) is 11.9 Å². The summed E-state index contributed by atoms with van der Waals surface area (Å²) < 4.78 is 0. The summed E-state index contributed by atoms with van der Waals surface area (Å²) in [6.07, 6.45) is 8.29. The molecular weight excluding hydrogens is 176 g/mol. The molecule has 0 saturated heterocycles. The highest BCUT2D eigenvalue weighted by molar-refractivity contribution is 5.82. The van der Waals surface area contributed by atoms with Crippen molar-refractivity contribution in [3.8, 4) is 0 Å². The van der Waals surface area contributed by atoms with Crippen LogP contribution in [0.3, 0.4) is 0 Å². The number of rotatable bonds is 9. The molecule has 0 unspecified atom stereocenters. The molecule has 0 aliphatic carbocycles. The maximum atomic E-state index is 11.0. The van der Waals surface area contributed by atoms with Crippen molar-refractivity contribution in [3.63, 3.8) is 0 Å². The van der Waals surface area contributed by atoms with E-state index in [1.165, 1.54) is 32.1 Å². The van der Waals surface area contributed by atoms with Gasteiger partial charge in [0.05, 0.1) is 0 Å². The fourth-order valence-corrected chi connectivity index (χ4v) is 1.42. The van der Waals surface area contributed by atoms with Crippen molar-refractivity contribution >= 4 is 5.78 Å². The number of Topliss-reactive ketones (excluding diaryl/α,β-unsaturated/α-hetero) is 1. The molecule has 3 heteroatoms. The second-order valence-corrected chi connectivity index (χ2v) is 3.86. The fourth-order valence-electron chi connectivity index (χ4n) is 1.42. The first kappa shape index (κ1) is 13.6. The minimum Gasteiger partial charge on any atom is -0.310 e. The van der Waals surface area contributed by atoms with E-state index < -0.39 is 6.17 Å². The van der Waals surface area contributed by atoms with E-state index in [-0.39, 0.29) is 5.78 Å². The molecule has 0 aromatic rings. The number of hydrogen-bond acceptors (Lipinski definition) is 3. The largest absolute Gasteiger partial charge is 0.310 e. The second kappa shape index (κ2) is 9.16. The number of carbonyl (C=O) groups excluding carboxylic acids is 1. The predicted molar refractivity (Wildman–Crippen MR) is 59.8 cm³/mol. The molecule has 4 N–H and O–H groups in total. The molecule has 0 aliphatic heterocycles. The van der Waals surface area contributed by atoms with Gasteiger partial charge in [0.15, 0.2) is 5.78 Å². The maximum Gasteiger partial charge on any atom is 0.163 e. The second-order valence-electron chi connectivity index (χ2n) is 3.86. The van der Waals surface area contributed by atoms with Gasteiger partial charge in [0.2, 0.25) is 0 Å². The minimum atomic E-state index is -0.768. The first-order valence-corrected chi connectivity index (χ1v) is 5.72. The molecule has 0 heterocycles. The summed E-state index contributed by atoms with van der Waals surface area (Å²) in [5, 5.41) is 0. The van der Waals surface area contributed by atoms with Gasteiger partial charge in [0, 0.05) is 6.42 Å². The average molecular weight is 200 g/mol. The minimum absolute atomic E-state index is 0.0152. The molecule has 84 valence electrons. The molecule has 0 radical (unpaired) electrons. The highest BCUT2D eigenvalue weighted by atomic mass is 16.1. The zero-order valence-electron chi connectivity index (χ0n) is 9.30. The van der Waals surface area contributed by atoms with Crippen molar-refractivity contribution in [2.45, 2.75) is 64.5 Å². The third-order valence-electron chi connectivity index (χ3n) is 2.40. The van der Waals surface area contributed by atoms with Crippen LogP contribution >= 0.6 is 0 Å². The lowest BCUT2D eigenvalue weighted by molar-refractivity contribution is -0.120. The predicted octanol–water partition coefficient (Wildman–Crippen LogP) is 1.94. The Bertz CT molecular complexity index is 146. The molecule has 0 spiro atoms. The van der Waals surface area contributed by atoms with Gasteiger partial charge in [-0.15, -0.1) is 0 Å². The average Bonchev–Trinajstić information content (AvgIpc) is 2.16. The molecule has 0 amide bonds. The lowest BCUT2D eigenvalue weighted by atomic mass is 10.1. The van der Waals surface area contributed by atoms with Gasteiger partial charge < -0.3 is 11.5 Å². The molecule has 0 rings (SSSR count). The number of nitrogens with two attached hydrogens (primary N) is 2. The Kier molecular flexibility index (Phi) is 8.89. The highest BCUT2D eigenvalue weighted by Crippen LogP contribution is 2.08. The van der Waals surface area contributed by atoms with Crippen molar-refractivity contribution in [2.75, 3.05) is 0 Å². The Hall–Kier alpha value is -0.410. The number of unbranched alkanes of at least 4 members (excludes halogenated alkanes) is 6. The van der Waals surface area contributed by atoms with E-state index in [0.29, 0.717) is 6.42 Å². The Labute approximate surface area is 87.2 Å². The Morgan fingerprint density at radius 3 is 2.00 bits per heavy atom. The molecule has 0 fully saturated rings. The normalized spacial score (nSPS) is 10.9. The lowest BCUT2D eigenvalue weighted by Crippen LogP contribution is -2.38. The number of hydrogen-bond donors (Lipinski definition) is 2. The molecular formula is C11H24N2O. The van der Waals surface area contributed by atoms with Gasteiger partial charge in [0.25, 0.3) is 0 Å². The van der Waals surface area contributed by atoms with Crippen molar-refractivity contribution in [3.05, 3.63) is 0 Å². The number of carbonyl (C=O) groups is 1. The summed E-state index contributed by atoms with van der Waals surface area (Å²) in [5.41, 5.74) is 10.5. The van der Waals surface area contributed by atoms with Crippen molar-refractivity contribution < 1.29 is 4.79 Å². The van der Waals surface area contributed by atoms with E-state index in [9.17, 15) is 4.79 Å². The van der Waals surface area contributed by atoms with Gasteiger partial charge in [-0.25, -0.2) is 0 Å². The third kappa shape index (κ3) is 8.20. The van der Waals surface area contributed by atoms with Crippen LogP contribution in [0.5, 0.6) is 0 Å². The standard InChI is InChI=1S/C11H24N2O/c1-2-3-4-5-6-7-8-9-10(14)11(12)13/h11H,2-9,12-13H2,1H3. The Balaban J connectivity index is 3.10. The zero-order valence-corrected chi connectivity index (χ0v) is 9.30. The van der Waals surface area contributed by atoms with Gasteiger partial charge in [-0.3, -0.25) is 4.79 Å². The van der Waals surface area contributed by atoms with E-state index in [2.05, 4.69) is 6.92 Å². The van der Waals surface area contributed by atoms with Gasteiger partial charge in [-0.1, -0.05) is 45.4 Å². The van der Waals surface area contributed by atoms with Crippen LogP contribution in [-0.2, 0) is 4.79 Å². The topological polar surface area (TPSA) is 69.1 Å². The van der Waals surface area contributed by atoms with Crippen LogP contribution in [0.25, 0.3) is 0 Å². The summed E-state index contributed by atoms with van der Waals surface area (Å²) in [6.45, 7) is 2.21. The van der Waals surface area contributed by atoms with Crippen molar-refractivity contribution in [1.82, 2.24) is 0 Å². The fraction of sp³-hybridized carbons (Fsp3) is 0.909. The van der Waals surface area contributed by atoms with Crippen LogP contribution in [0.2, 0.25) is 0 Å². The molecule has 0 bridgehead atoms. The zero-order chi connectivity index (χ0) is 10.8. The highest BCUT2D eigenvalue weighted by Gasteiger charge is 2.06. The molecule has 0 atom stereocenters. The molecule has 14 heavy (non-hydrogen) atoms. The monoisotopic (exact) mass is 200 g/mol. The van der Waals surface area contributed by atoms with E-state index >= 15 is 0 Å². The molecule has 0 aromatic carbocycles. The quantitative estimate of drug-likeness (QED) is 0.441. The van der Waals surface area contributed by atoms with Crippen LogP contribution in [0.15, 0.2) is 0 Å². The van der Waals surface area contributed by atoms with Gasteiger partial charge in [-0.2, -0.15) is 0 Å². The summed E-state index contributed by atoms with van der Waals surface area (Å²) in [6, 6.07) is 0. The van der Waals surface area contributed by atoms with Crippen molar-refractivity contribution in [2.24, 2.45) is 11.5 Å². The van der Waals surface area contributed by atoms with Crippen LogP contribution in [0.4, 0.5) is 0 Å². The van der Waals surface area contributed by atoms with E-state index in [1.807, 2.05) is 0 Å². The van der Waals surface area contributed by atoms with Gasteiger partial charge in [-0.05, 0) is 6.42 Å². The smallest absolute Gasteiger partial charge is 0.163 e. The summed E-state index contributed by atoms with van der Waals surface area (Å²) in [7, 11) is 0. The Morgan fingerprint density at radius 2 is 1.50 bits per heavy atom. The van der Waals surface area contributed by atoms with E-state index in [1.54, 1.807) is 0 Å². The molecule has 0 aliphatic rings. The number of ketones is 1. The van der Waals surface area contributed by atoms with Crippen LogP contribution in [0, 0.1) is 0 Å². The van der Waals surface area contributed by atoms with E-state index in [4.69, 9.17) is 11.5 Å². The maximum absolute atomic E-state index is 11.0. The lowest BCUT2D eigenvalue weighted by Gasteiger charge is -2.03. The molecule has 0 saturated carbocycles. The van der Waals surface area contributed by atoms with E-state index in [0.717, 1.165) is 12.8 Å². The molecule has 3 nitrogen and oxygen atoms in total. The van der Waals surface area contributed by atoms with Gasteiger partial charge >= 0.3 is 0 Å². The van der Waals surface area contributed by atoms with Crippen molar-refractivity contribution in [1.29, 1.82) is 0 Å². The summed E-state index contributed by atoms with van der Waals surface area (Å²) in [4.78, 5) is 11.0. The SMILES string of the molecule is CCCCCCCCCC(=O)C(N)N.